The van der Waals surface area contributed by atoms with Crippen molar-refractivity contribution in [2.24, 2.45) is 11.7 Å². The van der Waals surface area contributed by atoms with E-state index in [0.29, 0.717) is 12.0 Å². The van der Waals surface area contributed by atoms with E-state index in [4.69, 9.17) is 10.5 Å². The lowest BCUT2D eigenvalue weighted by Crippen LogP contribution is -2.27. The molecule has 1 aliphatic rings. The maximum atomic E-state index is 6.34. The number of hydrogen-bond acceptors (Lipinski definition) is 3. The Hall–Kier alpha value is 0.580. The summed E-state index contributed by atoms with van der Waals surface area (Å²) < 4.78 is 7.90. The van der Waals surface area contributed by atoms with Crippen LogP contribution in [-0.4, -0.2) is 12.7 Å². The second-order valence-electron chi connectivity index (χ2n) is 4.07. The van der Waals surface area contributed by atoms with Crippen molar-refractivity contribution in [2.45, 2.75) is 31.9 Å². The fraction of sp³-hybridized carbons (Fsp3) is 0.636. The van der Waals surface area contributed by atoms with Crippen LogP contribution < -0.4 is 5.73 Å². The first-order valence-corrected chi connectivity index (χ1v) is 7.85. The van der Waals surface area contributed by atoms with Gasteiger partial charge in [-0.25, -0.2) is 0 Å². The fourth-order valence-electron chi connectivity index (χ4n) is 2.23. The molecule has 0 aromatic carbocycles. The molecule has 0 amide bonds. The minimum absolute atomic E-state index is 0.0973. The third-order valence-electron chi connectivity index (χ3n) is 3.12. The van der Waals surface area contributed by atoms with Crippen molar-refractivity contribution in [2.75, 3.05) is 6.61 Å². The van der Waals surface area contributed by atoms with Crippen molar-refractivity contribution in [3.05, 3.63) is 19.2 Å². The third kappa shape index (κ3) is 2.53. The normalized spacial score (nSPS) is 27.2. The van der Waals surface area contributed by atoms with Crippen LogP contribution in [0.4, 0.5) is 0 Å². The highest BCUT2D eigenvalue weighted by molar-refractivity contribution is 9.13. The number of nitrogens with two attached hydrogens (primary N) is 1. The standard InChI is InChI=1S/C11H15Br2NOS/c1-2-8-6(3-4-15-8)10(14)9-5-7(12)11(13)16-9/h5-6,8,10H,2-4,14H2,1H3. The Morgan fingerprint density at radius 2 is 2.38 bits per heavy atom. The van der Waals surface area contributed by atoms with Gasteiger partial charge in [0.2, 0.25) is 0 Å². The summed E-state index contributed by atoms with van der Waals surface area (Å²) >= 11 is 8.72. The number of ether oxygens (including phenoxy) is 1. The number of thiophene rings is 1. The van der Waals surface area contributed by atoms with E-state index >= 15 is 0 Å². The third-order valence-corrected chi connectivity index (χ3v) is 6.47. The summed E-state index contributed by atoms with van der Waals surface area (Å²) in [6.45, 7) is 3.01. The van der Waals surface area contributed by atoms with E-state index < -0.39 is 0 Å². The first kappa shape index (κ1) is 13.0. The zero-order valence-corrected chi connectivity index (χ0v) is 13.1. The fourth-order valence-corrected chi connectivity index (χ4v) is 4.40. The molecule has 1 aromatic rings. The molecule has 90 valence electrons. The largest absolute Gasteiger partial charge is 0.378 e. The van der Waals surface area contributed by atoms with Crippen LogP contribution in [0.3, 0.4) is 0 Å². The highest BCUT2D eigenvalue weighted by atomic mass is 79.9. The van der Waals surface area contributed by atoms with E-state index in [9.17, 15) is 0 Å². The van der Waals surface area contributed by atoms with Gasteiger partial charge in [0.25, 0.3) is 0 Å². The summed E-state index contributed by atoms with van der Waals surface area (Å²) in [5.41, 5.74) is 6.34. The average molecular weight is 369 g/mol. The topological polar surface area (TPSA) is 35.2 Å². The van der Waals surface area contributed by atoms with Gasteiger partial charge in [-0.05, 0) is 50.8 Å². The second kappa shape index (κ2) is 5.48. The van der Waals surface area contributed by atoms with Crippen molar-refractivity contribution in [3.8, 4) is 0 Å². The first-order valence-electron chi connectivity index (χ1n) is 5.45. The Balaban J connectivity index is 2.14. The first-order chi connectivity index (χ1) is 7.63. The van der Waals surface area contributed by atoms with Gasteiger partial charge < -0.3 is 10.5 Å². The highest BCUT2D eigenvalue weighted by Crippen LogP contribution is 2.40. The van der Waals surface area contributed by atoms with Gasteiger partial charge in [0.1, 0.15) is 0 Å². The molecule has 0 radical (unpaired) electrons. The summed E-state index contributed by atoms with van der Waals surface area (Å²) in [7, 11) is 0. The highest BCUT2D eigenvalue weighted by Gasteiger charge is 2.33. The molecule has 2 nitrogen and oxygen atoms in total. The van der Waals surface area contributed by atoms with Crippen LogP contribution in [0.2, 0.25) is 0 Å². The van der Waals surface area contributed by atoms with Crippen LogP contribution in [0, 0.1) is 5.92 Å². The van der Waals surface area contributed by atoms with Crippen molar-refractivity contribution in [1.29, 1.82) is 0 Å². The van der Waals surface area contributed by atoms with E-state index in [-0.39, 0.29) is 6.04 Å². The van der Waals surface area contributed by atoms with E-state index in [1.54, 1.807) is 11.3 Å². The predicted molar refractivity (Wildman–Crippen MR) is 74.8 cm³/mol. The van der Waals surface area contributed by atoms with Gasteiger partial charge in [-0.3, -0.25) is 0 Å². The van der Waals surface area contributed by atoms with Gasteiger partial charge in [0, 0.05) is 27.9 Å². The van der Waals surface area contributed by atoms with Crippen LogP contribution >= 0.6 is 43.2 Å². The number of halogens is 2. The van der Waals surface area contributed by atoms with Crippen molar-refractivity contribution >= 4 is 43.2 Å². The molecule has 1 fully saturated rings. The Morgan fingerprint density at radius 3 is 2.94 bits per heavy atom. The van der Waals surface area contributed by atoms with E-state index in [0.717, 1.165) is 27.7 Å². The maximum absolute atomic E-state index is 6.34. The van der Waals surface area contributed by atoms with Crippen LogP contribution in [0.15, 0.2) is 14.3 Å². The van der Waals surface area contributed by atoms with E-state index in [2.05, 4.69) is 44.8 Å². The van der Waals surface area contributed by atoms with E-state index in [1.807, 2.05) is 0 Å². The van der Waals surface area contributed by atoms with Crippen LogP contribution in [0.5, 0.6) is 0 Å². The van der Waals surface area contributed by atoms with Crippen LogP contribution in [0.25, 0.3) is 0 Å². The van der Waals surface area contributed by atoms with Crippen LogP contribution in [0.1, 0.15) is 30.7 Å². The van der Waals surface area contributed by atoms with Gasteiger partial charge >= 0.3 is 0 Å². The zero-order valence-electron chi connectivity index (χ0n) is 9.08. The molecule has 0 saturated carbocycles. The molecule has 2 heterocycles. The molecular weight excluding hydrogens is 354 g/mol. The summed E-state index contributed by atoms with van der Waals surface area (Å²) in [5, 5.41) is 0. The van der Waals surface area contributed by atoms with Gasteiger partial charge in [-0.1, -0.05) is 6.92 Å². The minimum Gasteiger partial charge on any atom is -0.378 e. The lowest BCUT2D eigenvalue weighted by molar-refractivity contribution is 0.0816. The van der Waals surface area contributed by atoms with Crippen molar-refractivity contribution in [1.82, 2.24) is 0 Å². The molecule has 1 aromatic heterocycles. The molecule has 3 atom stereocenters. The Labute approximate surface area is 117 Å². The Kier molecular flexibility index (Phi) is 4.46. The van der Waals surface area contributed by atoms with Gasteiger partial charge in [-0.2, -0.15) is 0 Å². The SMILES string of the molecule is CCC1OCCC1C(N)c1cc(Br)c(Br)s1. The predicted octanol–water partition coefficient (Wildman–Crippen LogP) is 4.09. The summed E-state index contributed by atoms with van der Waals surface area (Å²) in [5.74, 6) is 0.461. The summed E-state index contributed by atoms with van der Waals surface area (Å²) in [6.07, 6.45) is 2.45. The zero-order chi connectivity index (χ0) is 11.7. The molecule has 16 heavy (non-hydrogen) atoms. The van der Waals surface area contributed by atoms with Crippen LogP contribution in [-0.2, 0) is 4.74 Å². The van der Waals surface area contributed by atoms with Crippen molar-refractivity contribution < 1.29 is 4.74 Å². The second-order valence-corrected chi connectivity index (χ2v) is 7.32. The molecule has 5 heteroatoms. The monoisotopic (exact) mass is 367 g/mol. The molecular formula is C11H15Br2NOS. The number of hydrogen-bond donors (Lipinski definition) is 1. The van der Waals surface area contributed by atoms with Gasteiger partial charge in [-0.15, -0.1) is 11.3 Å². The maximum Gasteiger partial charge on any atom is 0.0843 e. The molecule has 0 bridgehead atoms. The molecule has 2 rings (SSSR count). The van der Waals surface area contributed by atoms with Gasteiger partial charge in [0.15, 0.2) is 0 Å². The molecule has 1 aliphatic heterocycles. The Bertz CT molecular complexity index is 349. The Morgan fingerprint density at radius 1 is 1.62 bits per heavy atom. The average Bonchev–Trinajstić information content (AvgIpc) is 2.85. The molecule has 0 spiro atoms. The summed E-state index contributed by atoms with van der Waals surface area (Å²) in [6, 6.07) is 2.21. The lowest BCUT2D eigenvalue weighted by Gasteiger charge is -2.22. The lowest BCUT2D eigenvalue weighted by atomic mass is 9.91. The summed E-state index contributed by atoms with van der Waals surface area (Å²) in [4.78, 5) is 1.23. The molecule has 0 aliphatic carbocycles. The number of rotatable bonds is 3. The molecule has 1 saturated heterocycles. The molecule has 3 unspecified atom stereocenters. The smallest absolute Gasteiger partial charge is 0.0843 e. The quantitative estimate of drug-likeness (QED) is 0.871. The minimum atomic E-state index is 0.0973. The van der Waals surface area contributed by atoms with Crippen molar-refractivity contribution in [3.63, 3.8) is 0 Å². The van der Waals surface area contributed by atoms with Gasteiger partial charge in [0.05, 0.1) is 9.89 Å². The van der Waals surface area contributed by atoms with E-state index in [1.165, 1.54) is 4.88 Å². The molecule has 2 N–H and O–H groups in total.